The van der Waals surface area contributed by atoms with Crippen LogP contribution in [0.25, 0.3) is 0 Å². The number of amides is 2. The standard InChI is InChI=1S/C24H23N3O4S/c1-30-15-16-31-21-13-7-18(8-14-21)23(29)27-24(32)26-20-11-9-19(10-12-20)25-22(28)17-5-3-2-4-6-17/h2-14H,15-16H2,1H3,(H,25,28)(H2,26,27,29,32). The third-order valence-corrected chi connectivity index (χ3v) is 4.54. The number of hydrogen-bond acceptors (Lipinski definition) is 5. The first-order valence-corrected chi connectivity index (χ1v) is 10.3. The van der Waals surface area contributed by atoms with Gasteiger partial charge in [0.25, 0.3) is 11.8 Å². The van der Waals surface area contributed by atoms with Crippen LogP contribution >= 0.6 is 12.2 Å². The van der Waals surface area contributed by atoms with Crippen molar-refractivity contribution in [3.8, 4) is 5.75 Å². The molecular weight excluding hydrogens is 426 g/mol. The number of anilines is 2. The summed E-state index contributed by atoms with van der Waals surface area (Å²) in [5.74, 6) is 0.126. The molecule has 0 bridgehead atoms. The minimum absolute atomic E-state index is 0.163. The number of carbonyl (C=O) groups is 2. The summed E-state index contributed by atoms with van der Waals surface area (Å²) in [6.07, 6.45) is 0. The summed E-state index contributed by atoms with van der Waals surface area (Å²) in [5, 5.41) is 8.57. The van der Waals surface area contributed by atoms with Crippen molar-refractivity contribution in [3.05, 3.63) is 90.0 Å². The van der Waals surface area contributed by atoms with Gasteiger partial charge in [-0.15, -0.1) is 0 Å². The summed E-state index contributed by atoms with van der Waals surface area (Å²) in [6, 6.07) is 22.7. The Labute approximate surface area is 191 Å². The van der Waals surface area contributed by atoms with Crippen molar-refractivity contribution >= 4 is 40.5 Å². The van der Waals surface area contributed by atoms with Crippen LogP contribution in [0.1, 0.15) is 20.7 Å². The van der Waals surface area contributed by atoms with Crippen molar-refractivity contribution in [2.45, 2.75) is 0 Å². The summed E-state index contributed by atoms with van der Waals surface area (Å²) in [7, 11) is 1.60. The molecule has 3 N–H and O–H groups in total. The van der Waals surface area contributed by atoms with Crippen LogP contribution in [0.15, 0.2) is 78.9 Å². The van der Waals surface area contributed by atoms with E-state index in [4.69, 9.17) is 21.7 Å². The molecule has 0 spiro atoms. The average Bonchev–Trinajstić information content (AvgIpc) is 2.81. The lowest BCUT2D eigenvalue weighted by Gasteiger charge is -2.11. The molecule has 0 aliphatic carbocycles. The second kappa shape index (κ2) is 11.6. The lowest BCUT2D eigenvalue weighted by Crippen LogP contribution is -2.34. The van der Waals surface area contributed by atoms with Gasteiger partial charge in [-0.1, -0.05) is 18.2 Å². The fourth-order valence-electron chi connectivity index (χ4n) is 2.71. The molecule has 0 saturated carbocycles. The van der Waals surface area contributed by atoms with Crippen molar-refractivity contribution in [1.29, 1.82) is 0 Å². The molecule has 32 heavy (non-hydrogen) atoms. The Morgan fingerprint density at radius 1 is 0.750 bits per heavy atom. The highest BCUT2D eigenvalue weighted by Gasteiger charge is 2.09. The van der Waals surface area contributed by atoms with Crippen molar-refractivity contribution < 1.29 is 19.1 Å². The topological polar surface area (TPSA) is 88.7 Å². The highest BCUT2D eigenvalue weighted by atomic mass is 32.1. The van der Waals surface area contributed by atoms with E-state index in [0.717, 1.165) is 0 Å². The lowest BCUT2D eigenvalue weighted by molar-refractivity contribution is 0.0976. The summed E-state index contributed by atoms with van der Waals surface area (Å²) < 4.78 is 10.4. The Bertz CT molecular complexity index is 1050. The van der Waals surface area contributed by atoms with E-state index >= 15 is 0 Å². The molecule has 3 rings (SSSR count). The van der Waals surface area contributed by atoms with Gasteiger partial charge in [0.15, 0.2) is 5.11 Å². The van der Waals surface area contributed by atoms with E-state index in [9.17, 15) is 9.59 Å². The Balaban J connectivity index is 1.49. The largest absolute Gasteiger partial charge is 0.491 e. The molecule has 0 heterocycles. The van der Waals surface area contributed by atoms with Gasteiger partial charge in [0.1, 0.15) is 12.4 Å². The summed E-state index contributed by atoms with van der Waals surface area (Å²) in [6.45, 7) is 0.924. The number of benzene rings is 3. The van der Waals surface area contributed by atoms with Crippen LogP contribution in [-0.4, -0.2) is 37.3 Å². The number of thiocarbonyl (C=S) groups is 1. The van der Waals surface area contributed by atoms with Crippen LogP contribution in [0.4, 0.5) is 11.4 Å². The van der Waals surface area contributed by atoms with E-state index in [1.165, 1.54) is 0 Å². The number of methoxy groups -OCH3 is 1. The maximum Gasteiger partial charge on any atom is 0.257 e. The van der Waals surface area contributed by atoms with Crippen molar-refractivity contribution in [2.24, 2.45) is 0 Å². The van der Waals surface area contributed by atoms with E-state index in [1.807, 2.05) is 18.2 Å². The molecule has 7 nitrogen and oxygen atoms in total. The Hall–Kier alpha value is -3.75. The molecular formula is C24H23N3O4S. The second-order valence-electron chi connectivity index (χ2n) is 6.67. The Morgan fingerprint density at radius 2 is 1.34 bits per heavy atom. The number of hydrogen-bond donors (Lipinski definition) is 3. The van der Waals surface area contributed by atoms with E-state index in [0.29, 0.717) is 41.5 Å². The van der Waals surface area contributed by atoms with E-state index in [-0.39, 0.29) is 16.9 Å². The van der Waals surface area contributed by atoms with Gasteiger partial charge >= 0.3 is 0 Å². The first-order valence-electron chi connectivity index (χ1n) is 9.86. The second-order valence-corrected chi connectivity index (χ2v) is 7.08. The minimum atomic E-state index is -0.335. The summed E-state index contributed by atoms with van der Waals surface area (Å²) in [5.41, 5.74) is 2.35. The molecule has 0 saturated heterocycles. The molecule has 0 atom stereocenters. The molecule has 2 amide bonds. The lowest BCUT2D eigenvalue weighted by atomic mass is 10.2. The van der Waals surface area contributed by atoms with Crippen LogP contribution in [-0.2, 0) is 4.74 Å². The number of ether oxygens (including phenoxy) is 2. The number of rotatable bonds is 8. The number of carbonyl (C=O) groups excluding carboxylic acids is 2. The summed E-state index contributed by atoms with van der Waals surface area (Å²) >= 11 is 5.22. The minimum Gasteiger partial charge on any atom is -0.491 e. The van der Waals surface area contributed by atoms with Crippen LogP contribution in [0.3, 0.4) is 0 Å². The predicted octanol–water partition coefficient (Wildman–Crippen LogP) is 4.09. The van der Waals surface area contributed by atoms with Crippen LogP contribution in [0.2, 0.25) is 0 Å². The quantitative estimate of drug-likeness (QED) is 0.355. The molecule has 8 heteroatoms. The normalized spacial score (nSPS) is 10.2. The van der Waals surface area contributed by atoms with Crippen molar-refractivity contribution in [1.82, 2.24) is 5.32 Å². The van der Waals surface area contributed by atoms with Gasteiger partial charge in [0, 0.05) is 29.6 Å². The van der Waals surface area contributed by atoms with Gasteiger partial charge in [-0.25, -0.2) is 0 Å². The van der Waals surface area contributed by atoms with Gasteiger partial charge in [-0.2, -0.15) is 0 Å². The molecule has 0 fully saturated rings. The van der Waals surface area contributed by atoms with Crippen LogP contribution < -0.4 is 20.7 Å². The fourth-order valence-corrected chi connectivity index (χ4v) is 2.92. The van der Waals surface area contributed by atoms with Crippen molar-refractivity contribution in [2.75, 3.05) is 31.0 Å². The first kappa shape index (κ1) is 22.9. The van der Waals surface area contributed by atoms with Crippen LogP contribution in [0, 0.1) is 0 Å². The molecule has 164 valence electrons. The van der Waals surface area contributed by atoms with Crippen LogP contribution in [0.5, 0.6) is 5.75 Å². The SMILES string of the molecule is COCCOc1ccc(C(=O)NC(=S)Nc2ccc(NC(=O)c3ccccc3)cc2)cc1. The monoisotopic (exact) mass is 449 g/mol. The zero-order valence-electron chi connectivity index (χ0n) is 17.5. The smallest absolute Gasteiger partial charge is 0.257 e. The van der Waals surface area contributed by atoms with Crippen molar-refractivity contribution in [3.63, 3.8) is 0 Å². The Morgan fingerprint density at radius 3 is 1.97 bits per heavy atom. The van der Waals surface area contributed by atoms with Gasteiger partial charge in [-0.05, 0) is 72.9 Å². The average molecular weight is 450 g/mol. The molecule has 0 aliphatic heterocycles. The van der Waals surface area contributed by atoms with Gasteiger partial charge in [0.2, 0.25) is 0 Å². The number of nitrogens with one attached hydrogen (secondary N) is 3. The molecule has 3 aromatic rings. The molecule has 3 aromatic carbocycles. The molecule has 0 aromatic heterocycles. The van der Waals surface area contributed by atoms with E-state index < -0.39 is 0 Å². The Kier molecular flexibility index (Phi) is 8.30. The highest BCUT2D eigenvalue weighted by Crippen LogP contribution is 2.15. The molecule has 0 aliphatic rings. The van der Waals surface area contributed by atoms with E-state index in [1.54, 1.807) is 67.8 Å². The van der Waals surface area contributed by atoms with Gasteiger partial charge in [0.05, 0.1) is 6.61 Å². The zero-order valence-corrected chi connectivity index (χ0v) is 18.3. The molecule has 0 unspecified atom stereocenters. The van der Waals surface area contributed by atoms with Gasteiger partial charge in [-0.3, -0.25) is 14.9 Å². The maximum atomic E-state index is 12.4. The predicted molar refractivity (Wildman–Crippen MR) is 128 cm³/mol. The third-order valence-electron chi connectivity index (χ3n) is 4.34. The molecule has 0 radical (unpaired) electrons. The first-order chi connectivity index (χ1) is 15.5. The third kappa shape index (κ3) is 6.90. The zero-order chi connectivity index (χ0) is 22.8. The van der Waals surface area contributed by atoms with E-state index in [2.05, 4.69) is 16.0 Å². The summed E-state index contributed by atoms with van der Waals surface area (Å²) in [4.78, 5) is 24.6. The fraction of sp³-hybridized carbons (Fsp3) is 0.125. The maximum absolute atomic E-state index is 12.4. The highest BCUT2D eigenvalue weighted by molar-refractivity contribution is 7.80. The van der Waals surface area contributed by atoms with Gasteiger partial charge < -0.3 is 20.1 Å².